The second-order valence-corrected chi connectivity index (χ2v) is 4.04. The first-order valence-electron chi connectivity index (χ1n) is 4.24. The van der Waals surface area contributed by atoms with Crippen molar-refractivity contribution in [3.8, 4) is 0 Å². The average molecular weight is 289 g/mol. The van der Waals surface area contributed by atoms with Crippen molar-refractivity contribution < 1.29 is 4.79 Å². The first-order valence-corrected chi connectivity index (χ1v) is 5.32. The first kappa shape index (κ1) is 10.5. The van der Waals surface area contributed by atoms with Gasteiger partial charge in [0.2, 0.25) is 5.91 Å². The zero-order valence-corrected chi connectivity index (χ0v) is 9.67. The standard InChI is InChI=1S/C10H12INO/c1-2-4-7-8(10(12)13)5-3-6-9(7)11/h3,5-6H,2,4H2,1H3,(H2,12,13). The van der Waals surface area contributed by atoms with E-state index in [4.69, 9.17) is 5.73 Å². The van der Waals surface area contributed by atoms with Gasteiger partial charge in [0.15, 0.2) is 0 Å². The van der Waals surface area contributed by atoms with Crippen LogP contribution in [0.2, 0.25) is 0 Å². The molecule has 0 saturated carbocycles. The summed E-state index contributed by atoms with van der Waals surface area (Å²) >= 11 is 2.23. The zero-order valence-electron chi connectivity index (χ0n) is 7.51. The van der Waals surface area contributed by atoms with Gasteiger partial charge < -0.3 is 5.73 Å². The van der Waals surface area contributed by atoms with Gasteiger partial charge in [0, 0.05) is 9.13 Å². The van der Waals surface area contributed by atoms with Gasteiger partial charge in [-0.2, -0.15) is 0 Å². The molecule has 0 spiro atoms. The minimum absolute atomic E-state index is 0.332. The maximum atomic E-state index is 11.1. The number of nitrogens with two attached hydrogens (primary N) is 1. The molecule has 0 aromatic heterocycles. The summed E-state index contributed by atoms with van der Waals surface area (Å²) in [7, 11) is 0. The molecule has 2 N–H and O–H groups in total. The van der Waals surface area contributed by atoms with E-state index in [2.05, 4.69) is 29.5 Å². The number of rotatable bonds is 3. The molecule has 0 bridgehead atoms. The normalized spacial score (nSPS) is 10.0. The molecule has 70 valence electrons. The van der Waals surface area contributed by atoms with Crippen LogP contribution in [-0.2, 0) is 6.42 Å². The van der Waals surface area contributed by atoms with Gasteiger partial charge in [0.1, 0.15) is 0 Å². The van der Waals surface area contributed by atoms with E-state index >= 15 is 0 Å². The van der Waals surface area contributed by atoms with Crippen LogP contribution >= 0.6 is 22.6 Å². The topological polar surface area (TPSA) is 43.1 Å². The highest BCUT2D eigenvalue weighted by Gasteiger charge is 2.09. The van der Waals surface area contributed by atoms with E-state index in [1.54, 1.807) is 6.07 Å². The average Bonchev–Trinajstić information content (AvgIpc) is 2.08. The molecule has 0 aliphatic rings. The molecule has 0 aliphatic carbocycles. The Balaban J connectivity index is 3.17. The highest BCUT2D eigenvalue weighted by molar-refractivity contribution is 14.1. The molecule has 1 aromatic carbocycles. The van der Waals surface area contributed by atoms with Crippen LogP contribution in [0.3, 0.4) is 0 Å². The largest absolute Gasteiger partial charge is 0.366 e. The molecule has 3 heteroatoms. The highest BCUT2D eigenvalue weighted by atomic mass is 127. The van der Waals surface area contributed by atoms with Gasteiger partial charge >= 0.3 is 0 Å². The fourth-order valence-corrected chi connectivity index (χ4v) is 2.06. The van der Waals surface area contributed by atoms with Gasteiger partial charge in [-0.1, -0.05) is 19.4 Å². The van der Waals surface area contributed by atoms with Crippen LogP contribution in [0.5, 0.6) is 0 Å². The Morgan fingerprint density at radius 3 is 2.77 bits per heavy atom. The van der Waals surface area contributed by atoms with Gasteiger partial charge in [0.05, 0.1) is 0 Å². The summed E-state index contributed by atoms with van der Waals surface area (Å²) in [5, 5.41) is 0. The minimum atomic E-state index is -0.332. The fraction of sp³-hybridized carbons (Fsp3) is 0.300. The third-order valence-electron chi connectivity index (χ3n) is 1.88. The molecule has 0 aliphatic heterocycles. The second-order valence-electron chi connectivity index (χ2n) is 2.88. The molecule has 0 unspecified atom stereocenters. The molecule has 1 amide bonds. The van der Waals surface area contributed by atoms with Crippen molar-refractivity contribution in [2.45, 2.75) is 19.8 Å². The fourth-order valence-electron chi connectivity index (χ4n) is 1.29. The Kier molecular flexibility index (Phi) is 3.71. The van der Waals surface area contributed by atoms with Gasteiger partial charge in [-0.05, 0) is 46.7 Å². The van der Waals surface area contributed by atoms with E-state index in [1.165, 1.54) is 0 Å². The van der Waals surface area contributed by atoms with Crippen molar-refractivity contribution in [3.05, 3.63) is 32.9 Å². The molecule has 0 atom stereocenters. The van der Waals surface area contributed by atoms with Gasteiger partial charge in [-0.25, -0.2) is 0 Å². The van der Waals surface area contributed by atoms with Crippen LogP contribution in [0.4, 0.5) is 0 Å². The molecule has 0 radical (unpaired) electrons. The van der Waals surface area contributed by atoms with Crippen molar-refractivity contribution in [2.24, 2.45) is 5.73 Å². The first-order chi connectivity index (χ1) is 6.16. The van der Waals surface area contributed by atoms with Gasteiger partial charge in [-0.15, -0.1) is 0 Å². The monoisotopic (exact) mass is 289 g/mol. The lowest BCUT2D eigenvalue weighted by Gasteiger charge is -2.07. The van der Waals surface area contributed by atoms with Crippen molar-refractivity contribution in [1.82, 2.24) is 0 Å². The predicted octanol–water partition coefficient (Wildman–Crippen LogP) is 2.34. The van der Waals surface area contributed by atoms with Crippen molar-refractivity contribution in [2.75, 3.05) is 0 Å². The summed E-state index contributed by atoms with van der Waals surface area (Å²) < 4.78 is 1.12. The number of carbonyl (C=O) groups is 1. The maximum Gasteiger partial charge on any atom is 0.249 e. The minimum Gasteiger partial charge on any atom is -0.366 e. The lowest BCUT2D eigenvalue weighted by atomic mass is 10.0. The van der Waals surface area contributed by atoms with Crippen molar-refractivity contribution >= 4 is 28.5 Å². The molecular formula is C10H12INO. The van der Waals surface area contributed by atoms with Crippen LogP contribution in [-0.4, -0.2) is 5.91 Å². The molecule has 0 fully saturated rings. The highest BCUT2D eigenvalue weighted by Crippen LogP contribution is 2.18. The third kappa shape index (κ3) is 2.43. The molecule has 0 saturated heterocycles. The number of hydrogen-bond acceptors (Lipinski definition) is 1. The van der Waals surface area contributed by atoms with E-state index in [1.807, 2.05) is 12.1 Å². The quantitative estimate of drug-likeness (QED) is 0.853. The number of benzene rings is 1. The van der Waals surface area contributed by atoms with E-state index in [9.17, 15) is 4.79 Å². The Bertz CT molecular complexity index is 323. The summed E-state index contributed by atoms with van der Waals surface area (Å²) in [5.74, 6) is -0.332. The molecule has 0 heterocycles. The number of halogens is 1. The van der Waals surface area contributed by atoms with E-state index in [0.717, 1.165) is 22.0 Å². The Hall–Kier alpha value is -0.580. The van der Waals surface area contributed by atoms with Crippen molar-refractivity contribution in [1.29, 1.82) is 0 Å². The summed E-state index contributed by atoms with van der Waals surface area (Å²) in [5.41, 5.74) is 7.01. The third-order valence-corrected chi connectivity index (χ3v) is 2.89. The zero-order chi connectivity index (χ0) is 9.84. The van der Waals surface area contributed by atoms with Gasteiger partial charge in [0.25, 0.3) is 0 Å². The number of primary amides is 1. The Morgan fingerprint density at radius 1 is 1.54 bits per heavy atom. The molecule has 13 heavy (non-hydrogen) atoms. The lowest BCUT2D eigenvalue weighted by molar-refractivity contribution is 0.0999. The van der Waals surface area contributed by atoms with Crippen LogP contribution in [0, 0.1) is 3.57 Å². The predicted molar refractivity (Wildman–Crippen MR) is 61.7 cm³/mol. The van der Waals surface area contributed by atoms with Gasteiger partial charge in [-0.3, -0.25) is 4.79 Å². The molecular weight excluding hydrogens is 277 g/mol. The second kappa shape index (κ2) is 4.60. The number of amides is 1. The van der Waals surface area contributed by atoms with Crippen LogP contribution < -0.4 is 5.73 Å². The van der Waals surface area contributed by atoms with Crippen LogP contribution in [0.1, 0.15) is 29.3 Å². The van der Waals surface area contributed by atoms with E-state index in [-0.39, 0.29) is 5.91 Å². The van der Waals surface area contributed by atoms with E-state index < -0.39 is 0 Å². The maximum absolute atomic E-state index is 11.1. The van der Waals surface area contributed by atoms with E-state index in [0.29, 0.717) is 5.56 Å². The molecule has 2 nitrogen and oxygen atoms in total. The SMILES string of the molecule is CCCc1c(I)cccc1C(N)=O. The molecule has 1 rings (SSSR count). The summed E-state index contributed by atoms with van der Waals surface area (Å²) in [6.07, 6.45) is 1.94. The lowest BCUT2D eigenvalue weighted by Crippen LogP contribution is -2.14. The Labute approximate surface area is 91.7 Å². The summed E-state index contributed by atoms with van der Waals surface area (Å²) in [4.78, 5) is 11.1. The summed E-state index contributed by atoms with van der Waals surface area (Å²) in [6.45, 7) is 2.09. The van der Waals surface area contributed by atoms with Crippen molar-refractivity contribution in [3.63, 3.8) is 0 Å². The smallest absolute Gasteiger partial charge is 0.249 e. The van der Waals surface area contributed by atoms with Crippen LogP contribution in [0.15, 0.2) is 18.2 Å². The number of carbonyl (C=O) groups excluding carboxylic acids is 1. The summed E-state index contributed by atoms with van der Waals surface area (Å²) in [6, 6.07) is 5.65. The molecule has 1 aromatic rings. The number of hydrogen-bond donors (Lipinski definition) is 1. The Morgan fingerprint density at radius 2 is 2.23 bits per heavy atom. The van der Waals surface area contributed by atoms with Crippen LogP contribution in [0.25, 0.3) is 0 Å².